The average molecular weight is 322 g/mol. The Morgan fingerprint density at radius 3 is 2.70 bits per heavy atom. The summed E-state index contributed by atoms with van der Waals surface area (Å²) >= 11 is 0. The number of nitrogens with zero attached hydrogens (tertiary/aromatic N) is 1. The van der Waals surface area contributed by atoms with Crippen molar-refractivity contribution in [3.05, 3.63) is 35.0 Å². The zero-order chi connectivity index (χ0) is 17.0. The third kappa shape index (κ3) is 2.90. The predicted molar refractivity (Wildman–Crippen MR) is 83.6 cm³/mol. The molecule has 3 rings (SSSR count). The van der Waals surface area contributed by atoms with Crippen LogP contribution in [0.2, 0.25) is 0 Å². The van der Waals surface area contributed by atoms with Crippen molar-refractivity contribution in [2.75, 3.05) is 6.54 Å². The lowest BCUT2D eigenvalue weighted by molar-refractivity contribution is -0.0614. The summed E-state index contributed by atoms with van der Waals surface area (Å²) in [4.78, 5) is 16.1. The number of alkyl halides is 2. The summed E-state index contributed by atoms with van der Waals surface area (Å²) in [7, 11) is 0. The Morgan fingerprint density at radius 1 is 1.35 bits per heavy atom. The quantitative estimate of drug-likeness (QED) is 0.785. The van der Waals surface area contributed by atoms with E-state index in [9.17, 15) is 13.6 Å². The number of carbonyl (C=O) groups excluding carboxylic acids is 1. The van der Waals surface area contributed by atoms with Crippen LogP contribution >= 0.6 is 0 Å². The molecule has 2 heterocycles. The number of rotatable bonds is 0. The molecule has 0 saturated carbocycles. The number of ether oxygens (including phenoxy) is 1. The first kappa shape index (κ1) is 15.8. The van der Waals surface area contributed by atoms with E-state index in [2.05, 4.69) is 4.98 Å². The fourth-order valence-corrected chi connectivity index (χ4v) is 2.87. The van der Waals surface area contributed by atoms with E-state index in [1.54, 1.807) is 20.8 Å². The zero-order valence-corrected chi connectivity index (χ0v) is 13.7. The maximum Gasteiger partial charge on any atom is 0.410 e. The van der Waals surface area contributed by atoms with Crippen molar-refractivity contribution < 1.29 is 18.3 Å². The van der Waals surface area contributed by atoms with Crippen molar-refractivity contribution in [3.8, 4) is 0 Å². The highest BCUT2D eigenvalue weighted by molar-refractivity contribution is 5.86. The molecule has 23 heavy (non-hydrogen) atoms. The normalized spacial score (nSPS) is 17.2. The fraction of sp³-hybridized carbons (Fsp3) is 0.471. The second kappa shape index (κ2) is 4.94. The van der Waals surface area contributed by atoms with Crippen molar-refractivity contribution in [1.29, 1.82) is 0 Å². The Morgan fingerprint density at radius 2 is 2.04 bits per heavy atom. The van der Waals surface area contributed by atoms with Gasteiger partial charge in [-0.1, -0.05) is 12.1 Å². The maximum atomic E-state index is 14.5. The summed E-state index contributed by atoms with van der Waals surface area (Å²) in [6.07, 6.45) is -0.718. The molecule has 0 saturated heterocycles. The van der Waals surface area contributed by atoms with Crippen molar-refractivity contribution in [1.82, 2.24) is 9.88 Å². The molecule has 0 fully saturated rings. The molecule has 1 amide bonds. The molecule has 0 aliphatic carbocycles. The standard InChI is InChI=1S/C17H20F2N2O2/c1-10-5-6-11-12-8-21(15(22)23-16(2,3)4)9-17(18,19)14(12)20-13(11)7-10/h5-7,20H,8-9H2,1-4H3. The van der Waals surface area contributed by atoms with Gasteiger partial charge in [0.2, 0.25) is 0 Å². The van der Waals surface area contributed by atoms with Crippen LogP contribution < -0.4 is 0 Å². The number of nitrogens with one attached hydrogen (secondary N) is 1. The number of aromatic nitrogens is 1. The van der Waals surface area contributed by atoms with Gasteiger partial charge >= 0.3 is 12.0 Å². The summed E-state index contributed by atoms with van der Waals surface area (Å²) in [6, 6.07) is 5.53. The topological polar surface area (TPSA) is 45.3 Å². The van der Waals surface area contributed by atoms with Crippen LogP contribution in [-0.2, 0) is 17.2 Å². The van der Waals surface area contributed by atoms with Crippen LogP contribution in [0.1, 0.15) is 37.6 Å². The number of carbonyl (C=O) groups is 1. The Hall–Kier alpha value is -2.11. The minimum absolute atomic E-state index is 0.0992. The number of amides is 1. The lowest BCUT2D eigenvalue weighted by Crippen LogP contribution is -2.45. The minimum Gasteiger partial charge on any atom is -0.444 e. The lowest BCUT2D eigenvalue weighted by Gasteiger charge is -2.34. The van der Waals surface area contributed by atoms with E-state index in [1.807, 2.05) is 25.1 Å². The average Bonchev–Trinajstić information content (AvgIpc) is 2.74. The molecular formula is C17H20F2N2O2. The van der Waals surface area contributed by atoms with Crippen molar-refractivity contribution in [2.45, 2.75) is 45.8 Å². The smallest absolute Gasteiger partial charge is 0.410 e. The van der Waals surface area contributed by atoms with Gasteiger partial charge in [0.25, 0.3) is 0 Å². The second-order valence-corrected chi connectivity index (χ2v) is 7.07. The summed E-state index contributed by atoms with van der Waals surface area (Å²) in [5, 5.41) is 0.721. The molecule has 4 nitrogen and oxygen atoms in total. The molecule has 0 bridgehead atoms. The second-order valence-electron chi connectivity index (χ2n) is 7.07. The Bertz CT molecular complexity index is 775. The molecule has 6 heteroatoms. The number of H-pyrrole nitrogens is 1. The number of fused-ring (bicyclic) bond motifs is 3. The van der Waals surface area contributed by atoms with Gasteiger partial charge in [0.15, 0.2) is 0 Å². The number of aromatic amines is 1. The van der Waals surface area contributed by atoms with Gasteiger partial charge in [-0.15, -0.1) is 0 Å². The minimum atomic E-state index is -3.13. The monoisotopic (exact) mass is 322 g/mol. The molecule has 1 aliphatic heterocycles. The van der Waals surface area contributed by atoms with Crippen LogP contribution in [-0.4, -0.2) is 28.1 Å². The number of hydrogen-bond donors (Lipinski definition) is 1. The van der Waals surface area contributed by atoms with Gasteiger partial charge in [0, 0.05) is 16.5 Å². The maximum absolute atomic E-state index is 14.5. The highest BCUT2D eigenvalue weighted by atomic mass is 19.3. The first-order valence-corrected chi connectivity index (χ1v) is 7.54. The van der Waals surface area contributed by atoms with Crippen LogP contribution in [0, 0.1) is 6.92 Å². The third-order valence-electron chi connectivity index (χ3n) is 3.82. The molecule has 0 spiro atoms. The largest absolute Gasteiger partial charge is 0.444 e. The van der Waals surface area contributed by atoms with Crippen LogP contribution in [0.5, 0.6) is 0 Å². The van der Waals surface area contributed by atoms with Crippen molar-refractivity contribution in [3.63, 3.8) is 0 Å². The molecule has 2 aromatic rings. The van der Waals surface area contributed by atoms with E-state index >= 15 is 0 Å². The Kier molecular flexibility index (Phi) is 3.39. The van der Waals surface area contributed by atoms with Gasteiger partial charge in [-0.3, -0.25) is 4.90 Å². The van der Waals surface area contributed by atoms with Crippen LogP contribution in [0.3, 0.4) is 0 Å². The van der Waals surface area contributed by atoms with Gasteiger partial charge in [0.1, 0.15) is 5.60 Å². The molecule has 0 unspecified atom stereocenters. The lowest BCUT2D eigenvalue weighted by atomic mass is 10.0. The summed E-state index contributed by atoms with van der Waals surface area (Å²) in [5.74, 6) is -3.13. The molecule has 0 radical (unpaired) electrons. The molecule has 124 valence electrons. The third-order valence-corrected chi connectivity index (χ3v) is 3.82. The van der Waals surface area contributed by atoms with Crippen molar-refractivity contribution >= 4 is 17.0 Å². The van der Waals surface area contributed by atoms with E-state index in [-0.39, 0.29) is 12.2 Å². The fourth-order valence-electron chi connectivity index (χ4n) is 2.87. The molecule has 1 aromatic heterocycles. The summed E-state index contributed by atoms with van der Waals surface area (Å²) in [5.41, 5.74) is 1.30. The van der Waals surface area contributed by atoms with E-state index in [0.717, 1.165) is 15.8 Å². The van der Waals surface area contributed by atoms with Gasteiger partial charge in [-0.2, -0.15) is 8.78 Å². The van der Waals surface area contributed by atoms with E-state index in [0.29, 0.717) is 11.1 Å². The van der Waals surface area contributed by atoms with Gasteiger partial charge in [-0.25, -0.2) is 4.79 Å². The van der Waals surface area contributed by atoms with Crippen LogP contribution in [0.15, 0.2) is 18.2 Å². The van der Waals surface area contributed by atoms with Crippen LogP contribution in [0.25, 0.3) is 10.9 Å². The summed E-state index contributed by atoms with van der Waals surface area (Å²) in [6.45, 7) is 6.49. The molecule has 1 aliphatic rings. The molecule has 0 atom stereocenters. The van der Waals surface area contributed by atoms with E-state index < -0.39 is 24.2 Å². The van der Waals surface area contributed by atoms with E-state index in [1.165, 1.54) is 0 Å². The number of aryl methyl sites for hydroxylation is 1. The van der Waals surface area contributed by atoms with Gasteiger partial charge in [-0.05, 0) is 39.3 Å². The first-order valence-electron chi connectivity index (χ1n) is 7.54. The van der Waals surface area contributed by atoms with Crippen LogP contribution in [0.4, 0.5) is 13.6 Å². The van der Waals surface area contributed by atoms with E-state index in [4.69, 9.17) is 4.74 Å². The Balaban J connectivity index is 2.01. The zero-order valence-electron chi connectivity index (χ0n) is 13.7. The SMILES string of the molecule is Cc1ccc2c3c([nH]c2c1)C(F)(F)CN(C(=O)OC(C)(C)C)C3. The van der Waals surface area contributed by atoms with Crippen molar-refractivity contribution in [2.24, 2.45) is 0 Å². The van der Waals surface area contributed by atoms with Gasteiger partial charge in [0.05, 0.1) is 18.8 Å². The predicted octanol–water partition coefficient (Wildman–Crippen LogP) is 4.32. The molecular weight excluding hydrogens is 302 g/mol. The molecule has 1 aromatic carbocycles. The number of benzene rings is 1. The summed E-state index contributed by atoms with van der Waals surface area (Å²) < 4.78 is 34.2. The Labute approximate surface area is 133 Å². The number of halogens is 2. The highest BCUT2D eigenvalue weighted by Crippen LogP contribution is 2.40. The highest BCUT2D eigenvalue weighted by Gasteiger charge is 2.45. The molecule has 1 N–H and O–H groups in total. The first-order chi connectivity index (χ1) is 10.6. The number of hydrogen-bond acceptors (Lipinski definition) is 2. The van der Waals surface area contributed by atoms with Gasteiger partial charge < -0.3 is 9.72 Å².